The van der Waals surface area contributed by atoms with E-state index in [1.54, 1.807) is 0 Å². The molecule has 0 aromatic heterocycles. The van der Waals surface area contributed by atoms with Gasteiger partial charge in [0.05, 0.1) is 6.54 Å². The lowest BCUT2D eigenvalue weighted by molar-refractivity contribution is 0.475. The molecule has 0 aliphatic carbocycles. The Morgan fingerprint density at radius 3 is 2.62 bits per heavy atom. The Bertz CT molecular complexity index is 685. The Morgan fingerprint density at radius 2 is 1.92 bits per heavy atom. The summed E-state index contributed by atoms with van der Waals surface area (Å²) in [7, 11) is 0. The van der Waals surface area contributed by atoms with Gasteiger partial charge in [-0.25, -0.2) is 0 Å². The Balaban J connectivity index is 0.00000208. The summed E-state index contributed by atoms with van der Waals surface area (Å²) in [6.45, 7) is 5.77. The first-order valence-corrected chi connectivity index (χ1v) is 8.12. The van der Waals surface area contributed by atoms with Crippen molar-refractivity contribution >= 4 is 29.9 Å². The van der Waals surface area contributed by atoms with Crippen molar-refractivity contribution in [2.75, 3.05) is 6.54 Å². The van der Waals surface area contributed by atoms with Crippen LogP contribution in [-0.4, -0.2) is 18.5 Å². The van der Waals surface area contributed by atoms with Crippen molar-refractivity contribution < 1.29 is 4.74 Å². The molecule has 1 atom stereocenters. The van der Waals surface area contributed by atoms with Gasteiger partial charge in [-0.15, -0.1) is 24.0 Å². The van der Waals surface area contributed by atoms with Crippen LogP contribution in [0.5, 0.6) is 11.5 Å². The van der Waals surface area contributed by atoms with E-state index in [1.807, 2.05) is 30.3 Å². The van der Waals surface area contributed by atoms with Crippen LogP contribution < -0.4 is 15.4 Å². The van der Waals surface area contributed by atoms with E-state index in [2.05, 4.69) is 47.7 Å². The van der Waals surface area contributed by atoms with Crippen molar-refractivity contribution in [1.82, 2.24) is 10.6 Å². The maximum Gasteiger partial charge on any atom is 0.191 e. The quantitative estimate of drug-likeness (QED) is 0.689. The largest absolute Gasteiger partial charge is 0.457 e. The predicted molar refractivity (Wildman–Crippen MR) is 109 cm³/mol. The molecule has 1 unspecified atom stereocenters. The zero-order valence-electron chi connectivity index (χ0n) is 14.1. The van der Waals surface area contributed by atoms with Crippen LogP contribution in [0.15, 0.2) is 53.5 Å². The number of benzene rings is 2. The van der Waals surface area contributed by atoms with Crippen LogP contribution in [0.2, 0.25) is 0 Å². The number of ether oxygens (including phenoxy) is 1. The van der Waals surface area contributed by atoms with Gasteiger partial charge in [-0.05, 0) is 31.5 Å². The molecule has 4 nitrogen and oxygen atoms in total. The maximum atomic E-state index is 6.02. The molecule has 24 heavy (non-hydrogen) atoms. The fourth-order valence-electron chi connectivity index (χ4n) is 2.49. The molecule has 3 rings (SSSR count). The van der Waals surface area contributed by atoms with Gasteiger partial charge in [0.2, 0.25) is 0 Å². The smallest absolute Gasteiger partial charge is 0.191 e. The molecule has 2 aromatic rings. The first-order valence-electron chi connectivity index (χ1n) is 8.12. The van der Waals surface area contributed by atoms with E-state index in [0.29, 0.717) is 12.6 Å². The van der Waals surface area contributed by atoms with E-state index >= 15 is 0 Å². The van der Waals surface area contributed by atoms with Crippen molar-refractivity contribution in [2.24, 2.45) is 4.99 Å². The summed E-state index contributed by atoms with van der Waals surface area (Å²) in [5.41, 5.74) is 2.33. The zero-order valence-corrected chi connectivity index (χ0v) is 16.4. The van der Waals surface area contributed by atoms with Crippen LogP contribution in [-0.2, 0) is 6.54 Å². The van der Waals surface area contributed by atoms with Crippen molar-refractivity contribution in [3.8, 4) is 11.5 Å². The van der Waals surface area contributed by atoms with Gasteiger partial charge in [-0.2, -0.15) is 0 Å². The molecule has 1 aliphatic heterocycles. The van der Waals surface area contributed by atoms with Gasteiger partial charge in [0, 0.05) is 18.2 Å². The molecular formula is C19H24IN3O. The SMILES string of the molecule is CCC1CN=C(NCc2ccccc2Oc2ccc(C)cc2)N1.I. The lowest BCUT2D eigenvalue weighted by Crippen LogP contribution is -2.38. The Morgan fingerprint density at radius 1 is 1.17 bits per heavy atom. The molecular weight excluding hydrogens is 413 g/mol. The number of aliphatic imine (C=N–C) groups is 1. The van der Waals surface area contributed by atoms with Crippen molar-refractivity contribution in [3.05, 3.63) is 59.7 Å². The van der Waals surface area contributed by atoms with Gasteiger partial charge in [0.15, 0.2) is 5.96 Å². The minimum absolute atomic E-state index is 0. The summed E-state index contributed by atoms with van der Waals surface area (Å²) < 4.78 is 6.02. The zero-order chi connectivity index (χ0) is 16.1. The minimum Gasteiger partial charge on any atom is -0.457 e. The van der Waals surface area contributed by atoms with Gasteiger partial charge in [-0.1, -0.05) is 42.8 Å². The van der Waals surface area contributed by atoms with E-state index in [9.17, 15) is 0 Å². The lowest BCUT2D eigenvalue weighted by atomic mass is 10.2. The monoisotopic (exact) mass is 437 g/mol. The molecule has 1 heterocycles. The molecule has 0 amide bonds. The summed E-state index contributed by atoms with van der Waals surface area (Å²) in [5.74, 6) is 2.60. The fraction of sp³-hybridized carbons (Fsp3) is 0.316. The summed E-state index contributed by atoms with van der Waals surface area (Å²) >= 11 is 0. The number of para-hydroxylation sites is 1. The molecule has 2 aromatic carbocycles. The van der Waals surface area contributed by atoms with Crippen LogP contribution in [0.3, 0.4) is 0 Å². The number of halogens is 1. The number of nitrogens with one attached hydrogen (secondary N) is 2. The second kappa shape index (κ2) is 8.92. The number of nitrogens with zero attached hydrogens (tertiary/aromatic N) is 1. The summed E-state index contributed by atoms with van der Waals surface area (Å²) in [6, 6.07) is 16.6. The number of guanidine groups is 1. The van der Waals surface area contributed by atoms with E-state index in [1.165, 1.54) is 5.56 Å². The minimum atomic E-state index is 0. The molecule has 5 heteroatoms. The highest BCUT2D eigenvalue weighted by atomic mass is 127. The Kier molecular flexibility index (Phi) is 6.90. The third-order valence-corrected chi connectivity index (χ3v) is 3.97. The van der Waals surface area contributed by atoms with Gasteiger partial charge in [0.1, 0.15) is 11.5 Å². The van der Waals surface area contributed by atoms with E-state index < -0.39 is 0 Å². The topological polar surface area (TPSA) is 45.7 Å². The highest BCUT2D eigenvalue weighted by Gasteiger charge is 2.15. The number of rotatable bonds is 5. The van der Waals surface area contributed by atoms with Crippen LogP contribution in [0.1, 0.15) is 24.5 Å². The highest BCUT2D eigenvalue weighted by molar-refractivity contribution is 14.0. The molecule has 0 bridgehead atoms. The third-order valence-electron chi connectivity index (χ3n) is 3.97. The van der Waals surface area contributed by atoms with Crippen LogP contribution >= 0.6 is 24.0 Å². The molecule has 2 N–H and O–H groups in total. The predicted octanol–water partition coefficient (Wildman–Crippen LogP) is 4.23. The van der Waals surface area contributed by atoms with Gasteiger partial charge in [0.25, 0.3) is 0 Å². The molecule has 0 saturated carbocycles. The second-order valence-corrected chi connectivity index (χ2v) is 5.82. The maximum absolute atomic E-state index is 6.02. The summed E-state index contributed by atoms with van der Waals surface area (Å²) in [4.78, 5) is 4.48. The number of hydrogen-bond donors (Lipinski definition) is 2. The van der Waals surface area contributed by atoms with Crippen molar-refractivity contribution in [3.63, 3.8) is 0 Å². The Hall–Kier alpha value is -1.76. The van der Waals surface area contributed by atoms with Gasteiger partial charge >= 0.3 is 0 Å². The summed E-state index contributed by atoms with van der Waals surface area (Å²) in [5, 5.41) is 6.74. The molecule has 0 radical (unpaired) electrons. The van der Waals surface area contributed by atoms with Crippen LogP contribution in [0.25, 0.3) is 0 Å². The first-order chi connectivity index (χ1) is 11.2. The molecule has 0 saturated heterocycles. The van der Waals surface area contributed by atoms with Gasteiger partial charge < -0.3 is 15.4 Å². The van der Waals surface area contributed by atoms with E-state index in [-0.39, 0.29) is 24.0 Å². The van der Waals surface area contributed by atoms with Gasteiger partial charge in [-0.3, -0.25) is 4.99 Å². The first kappa shape index (κ1) is 18.6. The second-order valence-electron chi connectivity index (χ2n) is 5.82. The molecule has 1 aliphatic rings. The van der Waals surface area contributed by atoms with Crippen LogP contribution in [0, 0.1) is 6.92 Å². The summed E-state index contributed by atoms with van der Waals surface area (Å²) in [6.07, 6.45) is 1.09. The van der Waals surface area contributed by atoms with Crippen molar-refractivity contribution in [2.45, 2.75) is 32.9 Å². The molecule has 128 valence electrons. The standard InChI is InChI=1S/C19H23N3O.HI/c1-3-16-13-21-19(22-16)20-12-15-6-4-5-7-18(15)23-17-10-8-14(2)9-11-17;/h4-11,16H,3,12-13H2,1-2H3,(H2,20,21,22);1H. The lowest BCUT2D eigenvalue weighted by Gasteiger charge is -2.14. The van der Waals surface area contributed by atoms with Crippen molar-refractivity contribution in [1.29, 1.82) is 0 Å². The molecule has 0 spiro atoms. The normalized spacial score (nSPS) is 15.9. The average Bonchev–Trinajstić information content (AvgIpc) is 3.04. The van der Waals surface area contributed by atoms with E-state index in [0.717, 1.165) is 36.0 Å². The molecule has 0 fully saturated rings. The number of aryl methyl sites for hydroxylation is 1. The Labute approximate surface area is 160 Å². The number of hydrogen-bond acceptors (Lipinski definition) is 4. The average molecular weight is 437 g/mol. The highest BCUT2D eigenvalue weighted by Crippen LogP contribution is 2.25. The van der Waals surface area contributed by atoms with E-state index in [4.69, 9.17) is 4.74 Å². The third kappa shape index (κ3) is 4.87. The van der Waals surface area contributed by atoms with Crippen LogP contribution in [0.4, 0.5) is 0 Å². The fourth-order valence-corrected chi connectivity index (χ4v) is 2.49.